The number of nitrogens with zero attached hydrogens (tertiary/aromatic N) is 1. The molecule has 2 nitrogen and oxygen atoms in total. The highest BCUT2D eigenvalue weighted by atomic mass is 16.2. The monoisotopic (exact) mass is 193 g/mol. The van der Waals surface area contributed by atoms with E-state index >= 15 is 0 Å². The number of piperidine rings is 1. The minimum absolute atomic E-state index is 0.314. The van der Waals surface area contributed by atoms with E-state index in [4.69, 9.17) is 0 Å². The Morgan fingerprint density at radius 2 is 2.29 bits per heavy atom. The number of carbonyl (C=O) groups excluding carboxylic acids is 1. The van der Waals surface area contributed by atoms with Crippen molar-refractivity contribution >= 4 is 5.91 Å². The van der Waals surface area contributed by atoms with Gasteiger partial charge in [-0.3, -0.25) is 4.79 Å². The standard InChI is InChI=1S/C12H19NO/c1-3-13-7-6-10-8-9(2)4-5-11(10)12(13)14/h10-11H,2-8H2,1H3. The van der Waals surface area contributed by atoms with Crippen molar-refractivity contribution in [1.82, 2.24) is 4.90 Å². The van der Waals surface area contributed by atoms with Gasteiger partial charge in [0.05, 0.1) is 0 Å². The van der Waals surface area contributed by atoms with Gasteiger partial charge in [-0.25, -0.2) is 0 Å². The molecule has 14 heavy (non-hydrogen) atoms. The maximum absolute atomic E-state index is 12.0. The van der Waals surface area contributed by atoms with Gasteiger partial charge in [-0.15, -0.1) is 0 Å². The highest BCUT2D eigenvalue weighted by Crippen LogP contribution is 2.38. The van der Waals surface area contributed by atoms with Gasteiger partial charge in [-0.1, -0.05) is 12.2 Å². The number of allylic oxidation sites excluding steroid dienone is 1. The van der Waals surface area contributed by atoms with Crippen molar-refractivity contribution < 1.29 is 4.79 Å². The minimum atomic E-state index is 0.314. The third-order valence-corrected chi connectivity index (χ3v) is 3.71. The van der Waals surface area contributed by atoms with E-state index in [1.165, 1.54) is 12.0 Å². The summed E-state index contributed by atoms with van der Waals surface area (Å²) in [6, 6.07) is 0. The largest absolute Gasteiger partial charge is 0.343 e. The molecule has 2 atom stereocenters. The molecule has 0 aromatic rings. The van der Waals surface area contributed by atoms with Crippen LogP contribution in [0.3, 0.4) is 0 Å². The molecule has 0 bridgehead atoms. The first-order valence-corrected chi connectivity index (χ1v) is 5.67. The van der Waals surface area contributed by atoms with Crippen LogP contribution in [-0.4, -0.2) is 23.9 Å². The fourth-order valence-electron chi connectivity index (χ4n) is 2.82. The van der Waals surface area contributed by atoms with Crippen LogP contribution in [0.15, 0.2) is 12.2 Å². The number of rotatable bonds is 1. The summed E-state index contributed by atoms with van der Waals surface area (Å²) in [6.45, 7) is 7.95. The molecule has 2 aliphatic rings. The van der Waals surface area contributed by atoms with Crippen LogP contribution in [0.2, 0.25) is 0 Å². The zero-order valence-electron chi connectivity index (χ0n) is 8.96. The summed E-state index contributed by atoms with van der Waals surface area (Å²) in [4.78, 5) is 14.0. The van der Waals surface area contributed by atoms with Crippen LogP contribution in [0.1, 0.15) is 32.6 Å². The molecule has 0 radical (unpaired) electrons. The molecule has 2 heteroatoms. The molecular weight excluding hydrogens is 174 g/mol. The SMILES string of the molecule is C=C1CCC2C(=O)N(CC)CCC2C1. The van der Waals surface area contributed by atoms with E-state index in [-0.39, 0.29) is 0 Å². The lowest BCUT2D eigenvalue weighted by Gasteiger charge is -2.40. The second-order valence-electron chi connectivity index (χ2n) is 4.57. The van der Waals surface area contributed by atoms with Crippen LogP contribution >= 0.6 is 0 Å². The second-order valence-corrected chi connectivity index (χ2v) is 4.57. The number of carbonyl (C=O) groups is 1. The Morgan fingerprint density at radius 3 is 3.00 bits per heavy atom. The predicted octanol–water partition coefficient (Wildman–Crippen LogP) is 2.21. The number of amides is 1. The van der Waals surface area contributed by atoms with Gasteiger partial charge in [-0.05, 0) is 38.5 Å². The van der Waals surface area contributed by atoms with Gasteiger partial charge in [-0.2, -0.15) is 0 Å². The molecule has 1 saturated heterocycles. The van der Waals surface area contributed by atoms with Gasteiger partial charge in [0.2, 0.25) is 5.91 Å². The number of hydrogen-bond acceptors (Lipinski definition) is 1. The van der Waals surface area contributed by atoms with Crippen molar-refractivity contribution in [2.24, 2.45) is 11.8 Å². The van der Waals surface area contributed by atoms with E-state index in [2.05, 4.69) is 13.5 Å². The van der Waals surface area contributed by atoms with Crippen molar-refractivity contribution in [3.05, 3.63) is 12.2 Å². The highest BCUT2D eigenvalue weighted by molar-refractivity contribution is 5.80. The Bertz CT molecular complexity index is 259. The average Bonchev–Trinajstić information content (AvgIpc) is 2.18. The Hall–Kier alpha value is -0.790. The van der Waals surface area contributed by atoms with Crippen LogP contribution in [0, 0.1) is 11.8 Å². The smallest absolute Gasteiger partial charge is 0.225 e. The van der Waals surface area contributed by atoms with E-state index in [0.717, 1.165) is 32.4 Å². The third kappa shape index (κ3) is 1.58. The summed E-state index contributed by atoms with van der Waals surface area (Å²) in [5.41, 5.74) is 1.35. The first-order valence-electron chi connectivity index (χ1n) is 5.67. The van der Waals surface area contributed by atoms with Crippen molar-refractivity contribution in [2.75, 3.05) is 13.1 Å². The molecule has 2 fully saturated rings. The van der Waals surface area contributed by atoms with Crippen molar-refractivity contribution in [3.8, 4) is 0 Å². The summed E-state index contributed by atoms with van der Waals surface area (Å²) < 4.78 is 0. The maximum Gasteiger partial charge on any atom is 0.225 e. The molecule has 0 aromatic heterocycles. The van der Waals surface area contributed by atoms with Crippen molar-refractivity contribution in [3.63, 3.8) is 0 Å². The van der Waals surface area contributed by atoms with E-state index in [1.807, 2.05) is 4.90 Å². The van der Waals surface area contributed by atoms with E-state index in [1.54, 1.807) is 0 Å². The molecule has 1 aliphatic carbocycles. The van der Waals surface area contributed by atoms with Gasteiger partial charge in [0, 0.05) is 19.0 Å². The first-order chi connectivity index (χ1) is 6.72. The minimum Gasteiger partial charge on any atom is -0.343 e. The zero-order valence-corrected chi connectivity index (χ0v) is 8.96. The fraction of sp³-hybridized carbons (Fsp3) is 0.750. The third-order valence-electron chi connectivity index (χ3n) is 3.71. The molecule has 0 aromatic carbocycles. The molecule has 1 aliphatic heterocycles. The van der Waals surface area contributed by atoms with Gasteiger partial charge in [0.15, 0.2) is 0 Å². The molecule has 2 unspecified atom stereocenters. The number of likely N-dealkylation sites (tertiary alicyclic amines) is 1. The van der Waals surface area contributed by atoms with Crippen LogP contribution < -0.4 is 0 Å². The molecular formula is C12H19NO. The summed E-state index contributed by atoms with van der Waals surface area (Å²) in [5, 5.41) is 0. The lowest BCUT2D eigenvalue weighted by Crippen LogP contribution is -2.46. The Balaban J connectivity index is 2.08. The molecule has 78 valence electrons. The Labute approximate surface area is 86.0 Å². The molecule has 1 saturated carbocycles. The van der Waals surface area contributed by atoms with E-state index in [9.17, 15) is 4.79 Å². The van der Waals surface area contributed by atoms with Crippen LogP contribution in [0.25, 0.3) is 0 Å². The van der Waals surface area contributed by atoms with Crippen LogP contribution in [0.4, 0.5) is 0 Å². The number of fused-ring (bicyclic) bond motifs is 1. The predicted molar refractivity (Wildman–Crippen MR) is 56.8 cm³/mol. The lowest BCUT2D eigenvalue weighted by atomic mass is 9.73. The first kappa shape index (κ1) is 9.75. The lowest BCUT2D eigenvalue weighted by molar-refractivity contribution is -0.141. The Morgan fingerprint density at radius 1 is 1.50 bits per heavy atom. The maximum atomic E-state index is 12.0. The average molecular weight is 193 g/mol. The fourth-order valence-corrected chi connectivity index (χ4v) is 2.82. The quantitative estimate of drug-likeness (QED) is 0.585. The van der Waals surface area contributed by atoms with E-state index < -0.39 is 0 Å². The van der Waals surface area contributed by atoms with Crippen molar-refractivity contribution in [1.29, 1.82) is 0 Å². The molecule has 0 N–H and O–H groups in total. The highest BCUT2D eigenvalue weighted by Gasteiger charge is 2.37. The van der Waals surface area contributed by atoms with Gasteiger partial charge < -0.3 is 4.90 Å². The Kier molecular flexibility index (Phi) is 2.62. The molecule has 1 heterocycles. The molecule has 1 amide bonds. The second kappa shape index (κ2) is 3.76. The summed E-state index contributed by atoms with van der Waals surface area (Å²) in [5.74, 6) is 1.32. The summed E-state index contributed by atoms with van der Waals surface area (Å²) in [7, 11) is 0. The van der Waals surface area contributed by atoms with Crippen LogP contribution in [-0.2, 0) is 4.79 Å². The van der Waals surface area contributed by atoms with Gasteiger partial charge >= 0.3 is 0 Å². The zero-order chi connectivity index (χ0) is 10.1. The van der Waals surface area contributed by atoms with Crippen molar-refractivity contribution in [2.45, 2.75) is 32.6 Å². The summed E-state index contributed by atoms with van der Waals surface area (Å²) in [6.07, 6.45) is 4.38. The normalized spacial score (nSPS) is 33.1. The molecule has 0 spiro atoms. The van der Waals surface area contributed by atoms with Gasteiger partial charge in [0.1, 0.15) is 0 Å². The summed E-state index contributed by atoms with van der Waals surface area (Å²) >= 11 is 0. The topological polar surface area (TPSA) is 20.3 Å². The molecule has 2 rings (SSSR count). The number of hydrogen-bond donors (Lipinski definition) is 0. The van der Waals surface area contributed by atoms with E-state index in [0.29, 0.717) is 17.7 Å². The van der Waals surface area contributed by atoms with Crippen LogP contribution in [0.5, 0.6) is 0 Å². The van der Waals surface area contributed by atoms with Gasteiger partial charge in [0.25, 0.3) is 0 Å².